The van der Waals surface area contributed by atoms with E-state index in [0.29, 0.717) is 15.7 Å². The van der Waals surface area contributed by atoms with Crippen molar-refractivity contribution in [1.82, 2.24) is 4.31 Å². The fraction of sp³-hybridized carbons (Fsp3) is 0.222. The summed E-state index contributed by atoms with van der Waals surface area (Å²) >= 11 is 0. The minimum atomic E-state index is -4.00. The lowest BCUT2D eigenvalue weighted by Crippen LogP contribution is -2.37. The maximum atomic E-state index is 12.4. The first-order valence-electron chi connectivity index (χ1n) is 8.01. The number of amides is 2. The van der Waals surface area contributed by atoms with Gasteiger partial charge in [0.2, 0.25) is 5.91 Å². The van der Waals surface area contributed by atoms with Crippen molar-refractivity contribution in [2.75, 3.05) is 11.9 Å². The molecule has 0 atom stereocenters. The molecule has 3 rings (SSSR count). The van der Waals surface area contributed by atoms with Gasteiger partial charge in [0.05, 0.1) is 11.7 Å². The first-order chi connectivity index (χ1) is 12.3. The molecule has 1 aliphatic heterocycles. The van der Waals surface area contributed by atoms with Crippen molar-refractivity contribution < 1.29 is 22.7 Å². The lowest BCUT2D eigenvalue weighted by atomic mass is 10.2. The Morgan fingerprint density at radius 3 is 2.38 bits per heavy atom. The molecule has 2 aromatic carbocycles. The van der Waals surface area contributed by atoms with Gasteiger partial charge in [0.15, 0.2) is 0 Å². The number of rotatable bonds is 5. The summed E-state index contributed by atoms with van der Waals surface area (Å²) in [6.07, 6.45) is 0.0310. The van der Waals surface area contributed by atoms with Crippen LogP contribution in [0.1, 0.15) is 24.2 Å². The number of carbonyl (C=O) groups is 2. The molecule has 26 heavy (non-hydrogen) atoms. The molecule has 7 nitrogen and oxygen atoms in total. The van der Waals surface area contributed by atoms with Crippen molar-refractivity contribution in [1.29, 1.82) is 0 Å². The molecule has 0 bridgehead atoms. The van der Waals surface area contributed by atoms with Crippen LogP contribution in [0.15, 0.2) is 53.4 Å². The van der Waals surface area contributed by atoms with Gasteiger partial charge in [-0.15, -0.1) is 0 Å². The minimum absolute atomic E-state index is 0.0310. The van der Waals surface area contributed by atoms with Gasteiger partial charge in [-0.3, -0.25) is 9.59 Å². The number of sulfonamides is 1. The van der Waals surface area contributed by atoms with Gasteiger partial charge in [0.1, 0.15) is 17.2 Å². The summed E-state index contributed by atoms with van der Waals surface area (Å²) in [5.41, 5.74) is 0.558. The Balaban J connectivity index is 1.70. The number of nitrogens with one attached hydrogen (secondary N) is 1. The van der Waals surface area contributed by atoms with Gasteiger partial charge in [0, 0.05) is 5.69 Å². The van der Waals surface area contributed by atoms with Crippen LogP contribution in [0.4, 0.5) is 5.69 Å². The number of ether oxygens (including phenoxy) is 1. The first kappa shape index (κ1) is 17.9. The smallest absolute Gasteiger partial charge is 0.269 e. The van der Waals surface area contributed by atoms with E-state index in [1.807, 2.05) is 13.8 Å². The molecule has 0 radical (unpaired) electrons. The van der Waals surface area contributed by atoms with Crippen LogP contribution in [-0.4, -0.2) is 37.2 Å². The van der Waals surface area contributed by atoms with Gasteiger partial charge in [-0.25, -0.2) is 12.7 Å². The number of anilines is 1. The lowest BCUT2D eigenvalue weighted by molar-refractivity contribution is -0.116. The number of nitrogens with zero attached hydrogens (tertiary/aromatic N) is 1. The van der Waals surface area contributed by atoms with E-state index in [9.17, 15) is 18.0 Å². The molecule has 2 aromatic rings. The van der Waals surface area contributed by atoms with Crippen molar-refractivity contribution in [3.05, 3.63) is 54.1 Å². The van der Waals surface area contributed by atoms with Crippen LogP contribution in [0.25, 0.3) is 0 Å². The third kappa shape index (κ3) is 3.41. The van der Waals surface area contributed by atoms with Crippen molar-refractivity contribution >= 4 is 27.5 Å². The molecular formula is C18H18N2O5S. The Kier molecular flexibility index (Phi) is 4.69. The predicted molar refractivity (Wildman–Crippen MR) is 95.5 cm³/mol. The normalized spacial score (nSPS) is 15.0. The van der Waals surface area contributed by atoms with Crippen molar-refractivity contribution in [3.63, 3.8) is 0 Å². The molecule has 0 unspecified atom stereocenters. The van der Waals surface area contributed by atoms with E-state index in [4.69, 9.17) is 4.74 Å². The van der Waals surface area contributed by atoms with E-state index in [-0.39, 0.29) is 16.6 Å². The fourth-order valence-corrected chi connectivity index (χ4v) is 4.13. The predicted octanol–water partition coefficient (Wildman–Crippen LogP) is 2.26. The quantitative estimate of drug-likeness (QED) is 0.867. The Labute approximate surface area is 151 Å². The molecule has 0 aromatic heterocycles. The highest BCUT2D eigenvalue weighted by molar-refractivity contribution is 7.90. The number of fused-ring (bicyclic) bond motifs is 1. The largest absolute Gasteiger partial charge is 0.491 e. The maximum absolute atomic E-state index is 12.4. The van der Waals surface area contributed by atoms with E-state index in [1.165, 1.54) is 18.2 Å². The molecule has 1 N–H and O–H groups in total. The third-order valence-corrected chi connectivity index (χ3v) is 5.50. The molecule has 0 saturated heterocycles. The van der Waals surface area contributed by atoms with Crippen molar-refractivity contribution in [3.8, 4) is 5.75 Å². The van der Waals surface area contributed by atoms with Crippen LogP contribution < -0.4 is 10.1 Å². The van der Waals surface area contributed by atoms with Gasteiger partial charge < -0.3 is 10.1 Å². The van der Waals surface area contributed by atoms with Crippen LogP contribution in [0.3, 0.4) is 0 Å². The average molecular weight is 374 g/mol. The van der Waals surface area contributed by atoms with E-state index < -0.39 is 28.4 Å². The topological polar surface area (TPSA) is 92.8 Å². The van der Waals surface area contributed by atoms with Crippen LogP contribution in [0.2, 0.25) is 0 Å². The van der Waals surface area contributed by atoms with E-state index >= 15 is 0 Å². The van der Waals surface area contributed by atoms with E-state index in [1.54, 1.807) is 30.3 Å². The summed E-state index contributed by atoms with van der Waals surface area (Å²) in [7, 11) is -4.00. The van der Waals surface area contributed by atoms with Gasteiger partial charge >= 0.3 is 0 Å². The summed E-state index contributed by atoms with van der Waals surface area (Å²) in [4.78, 5) is 24.4. The van der Waals surface area contributed by atoms with Gasteiger partial charge in [-0.2, -0.15) is 0 Å². The second-order valence-corrected chi connectivity index (χ2v) is 7.88. The molecule has 0 aliphatic carbocycles. The molecule has 1 aliphatic rings. The highest BCUT2D eigenvalue weighted by Crippen LogP contribution is 2.29. The monoisotopic (exact) mass is 374 g/mol. The zero-order valence-corrected chi connectivity index (χ0v) is 15.1. The van der Waals surface area contributed by atoms with Crippen molar-refractivity contribution in [2.24, 2.45) is 0 Å². The van der Waals surface area contributed by atoms with Crippen LogP contribution in [0, 0.1) is 0 Å². The Bertz CT molecular complexity index is 952. The molecule has 136 valence electrons. The molecule has 1 heterocycles. The standard InChI is InChI=1S/C18H18N2O5S/c1-12(2)25-14-9-7-13(8-10-14)19-17(21)11-20-18(22)15-5-3-4-6-16(15)26(20,23)24/h3-10,12H,11H2,1-2H3,(H,19,21). The second-order valence-electron chi connectivity index (χ2n) is 6.05. The molecule has 2 amide bonds. The number of hydrogen-bond acceptors (Lipinski definition) is 5. The molecular weight excluding hydrogens is 356 g/mol. The summed E-state index contributed by atoms with van der Waals surface area (Å²) < 4.78 is 31.0. The Morgan fingerprint density at radius 1 is 1.12 bits per heavy atom. The molecule has 8 heteroatoms. The van der Waals surface area contributed by atoms with Crippen LogP contribution in [-0.2, 0) is 14.8 Å². The maximum Gasteiger partial charge on any atom is 0.269 e. The Morgan fingerprint density at radius 2 is 1.77 bits per heavy atom. The molecule has 0 fully saturated rings. The fourth-order valence-electron chi connectivity index (χ4n) is 2.61. The van der Waals surface area contributed by atoms with E-state index in [0.717, 1.165) is 0 Å². The summed E-state index contributed by atoms with van der Waals surface area (Å²) in [6, 6.07) is 12.6. The average Bonchev–Trinajstić information content (AvgIpc) is 2.78. The highest BCUT2D eigenvalue weighted by Gasteiger charge is 2.41. The number of carbonyl (C=O) groups excluding carboxylic acids is 2. The Hall–Kier alpha value is -2.87. The highest BCUT2D eigenvalue weighted by atomic mass is 32.2. The minimum Gasteiger partial charge on any atom is -0.491 e. The number of benzene rings is 2. The van der Waals surface area contributed by atoms with Gasteiger partial charge in [-0.1, -0.05) is 12.1 Å². The third-order valence-electron chi connectivity index (χ3n) is 3.71. The zero-order chi connectivity index (χ0) is 18.9. The summed E-state index contributed by atoms with van der Waals surface area (Å²) in [5.74, 6) is -0.644. The SMILES string of the molecule is CC(C)Oc1ccc(NC(=O)CN2C(=O)c3ccccc3S2(=O)=O)cc1. The summed E-state index contributed by atoms with van der Waals surface area (Å²) in [5, 5.41) is 2.58. The van der Waals surface area contributed by atoms with Gasteiger partial charge in [0.25, 0.3) is 15.9 Å². The van der Waals surface area contributed by atoms with Crippen LogP contribution >= 0.6 is 0 Å². The number of hydrogen-bond donors (Lipinski definition) is 1. The van der Waals surface area contributed by atoms with E-state index in [2.05, 4.69) is 5.32 Å². The van der Waals surface area contributed by atoms with Gasteiger partial charge in [-0.05, 0) is 50.2 Å². The lowest BCUT2D eigenvalue weighted by Gasteiger charge is -2.15. The first-order valence-corrected chi connectivity index (χ1v) is 9.45. The second kappa shape index (κ2) is 6.80. The van der Waals surface area contributed by atoms with Crippen molar-refractivity contribution in [2.45, 2.75) is 24.8 Å². The molecule has 0 saturated carbocycles. The van der Waals surface area contributed by atoms with Crippen LogP contribution in [0.5, 0.6) is 5.75 Å². The zero-order valence-electron chi connectivity index (χ0n) is 14.3. The molecule has 0 spiro atoms. The summed E-state index contributed by atoms with van der Waals surface area (Å²) in [6.45, 7) is 3.22.